The van der Waals surface area contributed by atoms with Gasteiger partial charge in [0.05, 0.1) is 5.56 Å². The molecular formula is C19H21N3O. The van der Waals surface area contributed by atoms with E-state index in [4.69, 9.17) is 9.73 Å². The van der Waals surface area contributed by atoms with Crippen molar-refractivity contribution in [2.45, 2.75) is 25.9 Å². The normalized spacial score (nSPS) is 23.2. The first kappa shape index (κ1) is 14.3. The van der Waals surface area contributed by atoms with E-state index in [1.165, 1.54) is 0 Å². The zero-order chi connectivity index (χ0) is 15.8. The van der Waals surface area contributed by atoms with Gasteiger partial charge in [0.2, 0.25) is 0 Å². The summed E-state index contributed by atoms with van der Waals surface area (Å²) in [7, 11) is 0. The summed E-state index contributed by atoms with van der Waals surface area (Å²) in [5, 5.41) is 3.53. The Morgan fingerprint density at radius 1 is 1.04 bits per heavy atom. The largest absolute Gasteiger partial charge is 0.454 e. The second kappa shape index (κ2) is 5.70. The van der Waals surface area contributed by atoms with E-state index in [2.05, 4.69) is 30.1 Å². The summed E-state index contributed by atoms with van der Waals surface area (Å²) in [6, 6.07) is 17.0. The smallest absolute Gasteiger partial charge is 0.153 e. The van der Waals surface area contributed by atoms with Crippen molar-refractivity contribution in [1.29, 1.82) is 0 Å². The Morgan fingerprint density at radius 3 is 2.65 bits per heavy atom. The minimum atomic E-state index is 0.392. The molecule has 0 radical (unpaired) electrons. The van der Waals surface area contributed by atoms with Crippen molar-refractivity contribution in [1.82, 2.24) is 10.2 Å². The van der Waals surface area contributed by atoms with Crippen LogP contribution in [0.4, 0.5) is 5.69 Å². The lowest BCUT2D eigenvalue weighted by molar-refractivity contribution is 0.235. The Balaban J connectivity index is 1.87. The fourth-order valence-electron chi connectivity index (χ4n) is 3.20. The average molecular weight is 307 g/mol. The maximum atomic E-state index is 6.13. The molecule has 2 unspecified atom stereocenters. The van der Waals surface area contributed by atoms with E-state index in [1.54, 1.807) is 0 Å². The van der Waals surface area contributed by atoms with Crippen LogP contribution < -0.4 is 10.1 Å². The molecule has 2 atom stereocenters. The van der Waals surface area contributed by atoms with Crippen molar-refractivity contribution in [3.05, 3.63) is 54.1 Å². The number of hydrogen-bond donors (Lipinski definition) is 1. The highest BCUT2D eigenvalue weighted by molar-refractivity contribution is 6.04. The van der Waals surface area contributed by atoms with E-state index in [0.29, 0.717) is 12.1 Å². The summed E-state index contributed by atoms with van der Waals surface area (Å²) in [6.07, 6.45) is 0. The highest BCUT2D eigenvalue weighted by atomic mass is 16.5. The van der Waals surface area contributed by atoms with Gasteiger partial charge in [-0.15, -0.1) is 0 Å². The Morgan fingerprint density at radius 2 is 1.78 bits per heavy atom. The molecule has 1 saturated heterocycles. The quantitative estimate of drug-likeness (QED) is 0.808. The van der Waals surface area contributed by atoms with E-state index < -0.39 is 0 Å². The number of aliphatic imine (C=N–C) groups is 1. The number of nitrogens with one attached hydrogen (secondary N) is 1. The van der Waals surface area contributed by atoms with Gasteiger partial charge >= 0.3 is 0 Å². The maximum Gasteiger partial charge on any atom is 0.153 e. The van der Waals surface area contributed by atoms with Gasteiger partial charge in [-0.1, -0.05) is 24.3 Å². The van der Waals surface area contributed by atoms with Gasteiger partial charge in [-0.3, -0.25) is 0 Å². The minimum Gasteiger partial charge on any atom is -0.454 e. The van der Waals surface area contributed by atoms with Crippen molar-refractivity contribution in [2.24, 2.45) is 4.99 Å². The third-order valence-corrected chi connectivity index (χ3v) is 4.48. The first-order chi connectivity index (χ1) is 11.2. The second-order valence-corrected chi connectivity index (χ2v) is 6.31. The van der Waals surface area contributed by atoms with Crippen LogP contribution in [0.3, 0.4) is 0 Å². The van der Waals surface area contributed by atoms with Crippen molar-refractivity contribution < 1.29 is 4.74 Å². The zero-order valence-corrected chi connectivity index (χ0v) is 13.5. The van der Waals surface area contributed by atoms with Gasteiger partial charge in [0.25, 0.3) is 0 Å². The molecule has 1 N–H and O–H groups in total. The predicted molar refractivity (Wildman–Crippen MR) is 92.8 cm³/mol. The summed E-state index contributed by atoms with van der Waals surface area (Å²) in [4.78, 5) is 7.37. The van der Waals surface area contributed by atoms with Gasteiger partial charge in [-0.2, -0.15) is 0 Å². The van der Waals surface area contributed by atoms with Crippen LogP contribution >= 0.6 is 0 Å². The molecule has 4 heteroatoms. The molecule has 1 fully saturated rings. The Hall–Kier alpha value is -2.33. The number of piperazine rings is 1. The fraction of sp³-hybridized carbons (Fsp3) is 0.316. The number of rotatable bonds is 0. The molecule has 0 aromatic heterocycles. The molecule has 4 rings (SSSR count). The molecule has 4 nitrogen and oxygen atoms in total. The third-order valence-electron chi connectivity index (χ3n) is 4.48. The highest BCUT2D eigenvalue weighted by Crippen LogP contribution is 2.38. The van der Waals surface area contributed by atoms with Crippen LogP contribution in [0.2, 0.25) is 0 Å². The van der Waals surface area contributed by atoms with Crippen LogP contribution in [-0.2, 0) is 0 Å². The third kappa shape index (κ3) is 2.59. The van der Waals surface area contributed by atoms with Gasteiger partial charge in [-0.25, -0.2) is 4.99 Å². The van der Waals surface area contributed by atoms with Crippen LogP contribution in [0.15, 0.2) is 53.5 Å². The van der Waals surface area contributed by atoms with Crippen molar-refractivity contribution in [3.8, 4) is 11.5 Å². The summed E-state index contributed by atoms with van der Waals surface area (Å²) >= 11 is 0. The molecule has 2 aliphatic rings. The Bertz CT molecular complexity index is 756. The van der Waals surface area contributed by atoms with Crippen molar-refractivity contribution in [3.63, 3.8) is 0 Å². The number of hydrogen-bond acceptors (Lipinski definition) is 4. The molecule has 0 spiro atoms. The Kier molecular flexibility index (Phi) is 3.54. The standard InChI is InChI=1S/C19H21N3O/c1-13-12-22(14(2)11-20-13)19-15-7-3-5-9-17(15)23-18-10-6-4-8-16(18)21-19/h3-10,13-14,20H,11-12H2,1-2H3. The molecule has 23 heavy (non-hydrogen) atoms. The summed E-state index contributed by atoms with van der Waals surface area (Å²) in [5.74, 6) is 2.69. The lowest BCUT2D eigenvalue weighted by atomic mass is 10.1. The van der Waals surface area contributed by atoms with Crippen LogP contribution in [0.5, 0.6) is 11.5 Å². The van der Waals surface area contributed by atoms with Gasteiger partial charge in [0.1, 0.15) is 17.3 Å². The second-order valence-electron chi connectivity index (χ2n) is 6.31. The fourth-order valence-corrected chi connectivity index (χ4v) is 3.20. The molecular weight excluding hydrogens is 286 g/mol. The lowest BCUT2D eigenvalue weighted by Gasteiger charge is -2.39. The van der Waals surface area contributed by atoms with Crippen LogP contribution in [0.25, 0.3) is 0 Å². The van der Waals surface area contributed by atoms with Gasteiger partial charge in [0.15, 0.2) is 5.75 Å². The number of fused-ring (bicyclic) bond motifs is 2. The lowest BCUT2D eigenvalue weighted by Crippen LogP contribution is -2.56. The van der Waals surface area contributed by atoms with E-state index in [9.17, 15) is 0 Å². The molecule has 2 heterocycles. The van der Waals surface area contributed by atoms with Crippen LogP contribution in [-0.4, -0.2) is 35.9 Å². The molecule has 2 aromatic rings. The number of nitrogens with zero attached hydrogens (tertiary/aromatic N) is 2. The van der Waals surface area contributed by atoms with E-state index >= 15 is 0 Å². The van der Waals surface area contributed by atoms with Crippen LogP contribution in [0.1, 0.15) is 19.4 Å². The SMILES string of the molecule is CC1CN(C2=Nc3ccccc3Oc3ccccc32)C(C)CN1. The Labute approximate surface area is 136 Å². The summed E-state index contributed by atoms with van der Waals surface area (Å²) in [5.41, 5.74) is 1.95. The summed E-state index contributed by atoms with van der Waals surface area (Å²) in [6.45, 7) is 6.36. The first-order valence-electron chi connectivity index (χ1n) is 8.17. The van der Waals surface area contributed by atoms with E-state index in [0.717, 1.165) is 41.7 Å². The monoisotopic (exact) mass is 307 g/mol. The van der Waals surface area contributed by atoms with E-state index in [1.807, 2.05) is 42.5 Å². The van der Waals surface area contributed by atoms with Crippen molar-refractivity contribution in [2.75, 3.05) is 13.1 Å². The molecule has 0 aliphatic carbocycles. The van der Waals surface area contributed by atoms with Gasteiger partial charge < -0.3 is 15.0 Å². The number of benzene rings is 2. The van der Waals surface area contributed by atoms with Crippen LogP contribution in [0, 0.1) is 0 Å². The summed E-state index contributed by atoms with van der Waals surface area (Å²) < 4.78 is 6.13. The van der Waals surface area contributed by atoms with Gasteiger partial charge in [-0.05, 0) is 38.1 Å². The highest BCUT2D eigenvalue weighted by Gasteiger charge is 2.29. The zero-order valence-electron chi connectivity index (χ0n) is 13.5. The molecule has 0 bridgehead atoms. The number of amidine groups is 1. The van der Waals surface area contributed by atoms with E-state index in [-0.39, 0.29) is 0 Å². The number of ether oxygens (including phenoxy) is 1. The molecule has 118 valence electrons. The molecule has 0 saturated carbocycles. The first-order valence-corrected chi connectivity index (χ1v) is 8.17. The molecule has 2 aromatic carbocycles. The average Bonchev–Trinajstić information content (AvgIpc) is 2.73. The molecule has 0 amide bonds. The predicted octanol–water partition coefficient (Wildman–Crippen LogP) is 3.55. The topological polar surface area (TPSA) is 36.9 Å². The molecule has 2 aliphatic heterocycles. The van der Waals surface area contributed by atoms with Crippen molar-refractivity contribution >= 4 is 11.5 Å². The minimum absolute atomic E-state index is 0.392. The van der Waals surface area contributed by atoms with Gasteiger partial charge in [0, 0.05) is 25.2 Å². The number of para-hydroxylation sites is 3. The maximum absolute atomic E-state index is 6.13.